The number of halogens is 1. The fourth-order valence-electron chi connectivity index (χ4n) is 3.42. The van der Waals surface area contributed by atoms with Crippen LogP contribution in [0.25, 0.3) is 10.2 Å². The number of nitrogens with zero attached hydrogens (tertiary/aromatic N) is 3. The summed E-state index contributed by atoms with van der Waals surface area (Å²) in [4.78, 5) is 13.8. The number of anilines is 1. The average molecular weight is 353 g/mol. The molecule has 1 saturated heterocycles. The van der Waals surface area contributed by atoms with Gasteiger partial charge in [0.1, 0.15) is 10.6 Å². The van der Waals surface area contributed by atoms with Gasteiger partial charge in [0.05, 0.1) is 18.6 Å². The van der Waals surface area contributed by atoms with E-state index in [4.69, 9.17) is 16.3 Å². The van der Waals surface area contributed by atoms with Crippen molar-refractivity contribution in [2.24, 2.45) is 0 Å². The molecular formula is C16H21ClN4OS. The van der Waals surface area contributed by atoms with Gasteiger partial charge >= 0.3 is 0 Å². The van der Waals surface area contributed by atoms with Crippen LogP contribution in [0, 0.1) is 0 Å². The van der Waals surface area contributed by atoms with E-state index in [0.29, 0.717) is 5.28 Å². The highest BCUT2D eigenvalue weighted by Crippen LogP contribution is 2.38. The van der Waals surface area contributed by atoms with Gasteiger partial charge in [0.25, 0.3) is 0 Å². The summed E-state index contributed by atoms with van der Waals surface area (Å²) >= 11 is 7.92. The van der Waals surface area contributed by atoms with Gasteiger partial charge in [-0.3, -0.25) is 4.90 Å². The highest BCUT2D eigenvalue weighted by Gasteiger charge is 2.21. The van der Waals surface area contributed by atoms with Crippen LogP contribution in [-0.2, 0) is 17.6 Å². The Morgan fingerprint density at radius 2 is 2.00 bits per heavy atom. The van der Waals surface area contributed by atoms with E-state index in [0.717, 1.165) is 56.5 Å². The number of morpholine rings is 1. The molecule has 0 saturated carbocycles. The highest BCUT2D eigenvalue weighted by molar-refractivity contribution is 7.19. The zero-order valence-corrected chi connectivity index (χ0v) is 14.7. The van der Waals surface area contributed by atoms with Gasteiger partial charge in [-0.05, 0) is 42.8 Å². The van der Waals surface area contributed by atoms with Crippen molar-refractivity contribution in [3.05, 3.63) is 15.7 Å². The molecule has 0 amide bonds. The molecule has 0 unspecified atom stereocenters. The third-order valence-electron chi connectivity index (χ3n) is 4.61. The second-order valence-electron chi connectivity index (χ2n) is 6.11. The fraction of sp³-hybridized carbons (Fsp3) is 0.625. The molecule has 7 heteroatoms. The van der Waals surface area contributed by atoms with E-state index < -0.39 is 0 Å². The summed E-state index contributed by atoms with van der Waals surface area (Å²) in [6.45, 7) is 5.56. The average Bonchev–Trinajstić information content (AvgIpc) is 2.93. The first-order valence-corrected chi connectivity index (χ1v) is 9.52. The van der Waals surface area contributed by atoms with E-state index in [1.807, 2.05) is 0 Å². The zero-order valence-electron chi connectivity index (χ0n) is 13.1. The maximum Gasteiger partial charge on any atom is 0.225 e. The van der Waals surface area contributed by atoms with E-state index in [1.165, 1.54) is 35.1 Å². The molecule has 0 radical (unpaired) electrons. The van der Waals surface area contributed by atoms with Gasteiger partial charge in [-0.2, -0.15) is 0 Å². The molecule has 23 heavy (non-hydrogen) atoms. The van der Waals surface area contributed by atoms with E-state index in [-0.39, 0.29) is 0 Å². The van der Waals surface area contributed by atoms with Gasteiger partial charge in [0, 0.05) is 31.1 Å². The van der Waals surface area contributed by atoms with Crippen LogP contribution in [0.5, 0.6) is 0 Å². The molecule has 1 N–H and O–H groups in total. The third-order valence-corrected chi connectivity index (χ3v) is 5.97. The van der Waals surface area contributed by atoms with Crippen molar-refractivity contribution in [2.75, 3.05) is 44.7 Å². The monoisotopic (exact) mass is 352 g/mol. The summed E-state index contributed by atoms with van der Waals surface area (Å²) in [5.74, 6) is 0.910. The smallest absolute Gasteiger partial charge is 0.225 e. The summed E-state index contributed by atoms with van der Waals surface area (Å²) in [6.07, 6.45) is 4.84. The Morgan fingerprint density at radius 1 is 1.17 bits per heavy atom. The molecule has 1 fully saturated rings. The maximum absolute atomic E-state index is 6.13. The lowest BCUT2D eigenvalue weighted by molar-refractivity contribution is 0.0398. The number of nitrogens with one attached hydrogen (secondary N) is 1. The van der Waals surface area contributed by atoms with E-state index in [9.17, 15) is 0 Å². The molecular weight excluding hydrogens is 332 g/mol. The van der Waals surface area contributed by atoms with Crippen molar-refractivity contribution in [3.63, 3.8) is 0 Å². The molecule has 124 valence electrons. The van der Waals surface area contributed by atoms with Crippen molar-refractivity contribution >= 4 is 39.0 Å². The first-order chi connectivity index (χ1) is 11.3. The lowest BCUT2D eigenvalue weighted by atomic mass is 9.97. The highest BCUT2D eigenvalue weighted by atomic mass is 35.5. The second-order valence-corrected chi connectivity index (χ2v) is 7.53. The van der Waals surface area contributed by atoms with E-state index in [2.05, 4.69) is 20.2 Å². The Labute approximate surface area is 145 Å². The fourth-order valence-corrected chi connectivity index (χ4v) is 4.90. The number of aryl methyl sites for hydroxylation is 2. The summed E-state index contributed by atoms with van der Waals surface area (Å²) in [5, 5.41) is 5.04. The predicted octanol–water partition coefficient (Wildman–Crippen LogP) is 2.97. The van der Waals surface area contributed by atoms with Gasteiger partial charge in [-0.1, -0.05) is 0 Å². The van der Waals surface area contributed by atoms with Crippen LogP contribution in [-0.4, -0.2) is 54.3 Å². The van der Waals surface area contributed by atoms with Gasteiger partial charge < -0.3 is 10.1 Å². The van der Waals surface area contributed by atoms with Crippen LogP contribution in [0.2, 0.25) is 5.28 Å². The minimum absolute atomic E-state index is 0.338. The molecule has 3 heterocycles. The molecule has 1 aliphatic heterocycles. The van der Waals surface area contributed by atoms with Crippen molar-refractivity contribution in [1.82, 2.24) is 14.9 Å². The molecule has 0 atom stereocenters. The molecule has 5 nitrogen and oxygen atoms in total. The zero-order chi connectivity index (χ0) is 15.6. The summed E-state index contributed by atoms with van der Waals surface area (Å²) in [6, 6.07) is 0. The van der Waals surface area contributed by atoms with Gasteiger partial charge in [-0.15, -0.1) is 11.3 Å². The Bertz CT molecular complexity index is 699. The quantitative estimate of drug-likeness (QED) is 0.857. The van der Waals surface area contributed by atoms with Crippen LogP contribution in [0.4, 0.5) is 5.82 Å². The summed E-state index contributed by atoms with van der Waals surface area (Å²) in [7, 11) is 0. The standard InChI is InChI=1S/C16H21ClN4OS/c17-16-19-14(18-5-6-21-7-9-22-10-8-21)13-11-3-1-2-4-12(11)23-15(13)20-16/h1-10H2,(H,18,19,20). The van der Waals surface area contributed by atoms with Crippen molar-refractivity contribution in [2.45, 2.75) is 25.7 Å². The topological polar surface area (TPSA) is 50.3 Å². The minimum atomic E-state index is 0.338. The number of hydrogen-bond donors (Lipinski definition) is 1. The third kappa shape index (κ3) is 3.31. The molecule has 4 rings (SSSR count). The van der Waals surface area contributed by atoms with Gasteiger partial charge in [-0.25, -0.2) is 9.97 Å². The molecule has 1 aliphatic carbocycles. The molecule has 2 aliphatic rings. The van der Waals surface area contributed by atoms with Crippen molar-refractivity contribution in [1.29, 1.82) is 0 Å². The van der Waals surface area contributed by atoms with Crippen LogP contribution in [0.15, 0.2) is 0 Å². The van der Waals surface area contributed by atoms with Crippen molar-refractivity contribution < 1.29 is 4.74 Å². The summed E-state index contributed by atoms with van der Waals surface area (Å²) < 4.78 is 5.39. The number of hydrogen-bond acceptors (Lipinski definition) is 6. The number of rotatable bonds is 4. The van der Waals surface area contributed by atoms with E-state index in [1.54, 1.807) is 11.3 Å². The van der Waals surface area contributed by atoms with Crippen LogP contribution in [0.1, 0.15) is 23.3 Å². The predicted molar refractivity (Wildman–Crippen MR) is 94.8 cm³/mol. The van der Waals surface area contributed by atoms with Crippen LogP contribution >= 0.6 is 22.9 Å². The Balaban J connectivity index is 1.54. The van der Waals surface area contributed by atoms with Crippen LogP contribution in [0.3, 0.4) is 0 Å². The normalized spacial score (nSPS) is 19.0. The Kier molecular flexibility index (Phi) is 4.66. The molecule has 0 bridgehead atoms. The maximum atomic E-state index is 6.13. The van der Waals surface area contributed by atoms with Crippen molar-refractivity contribution in [3.8, 4) is 0 Å². The first kappa shape index (κ1) is 15.6. The number of fused-ring (bicyclic) bond motifs is 3. The molecule has 0 spiro atoms. The molecule has 0 aromatic carbocycles. The minimum Gasteiger partial charge on any atom is -0.379 e. The first-order valence-electron chi connectivity index (χ1n) is 8.33. The number of ether oxygens (including phenoxy) is 1. The lowest BCUT2D eigenvalue weighted by Gasteiger charge is -2.26. The second kappa shape index (κ2) is 6.89. The van der Waals surface area contributed by atoms with Gasteiger partial charge in [0.2, 0.25) is 5.28 Å². The SMILES string of the molecule is Clc1nc(NCCN2CCOCC2)c2c3c(sc2n1)CCCC3. The molecule has 2 aromatic rings. The Morgan fingerprint density at radius 3 is 2.87 bits per heavy atom. The Hall–Kier alpha value is -0.950. The van der Waals surface area contributed by atoms with Crippen LogP contribution < -0.4 is 5.32 Å². The number of thiophene rings is 1. The largest absolute Gasteiger partial charge is 0.379 e. The number of aromatic nitrogens is 2. The van der Waals surface area contributed by atoms with E-state index >= 15 is 0 Å². The molecule has 2 aromatic heterocycles. The van der Waals surface area contributed by atoms with Gasteiger partial charge in [0.15, 0.2) is 0 Å². The summed E-state index contributed by atoms with van der Waals surface area (Å²) in [5.41, 5.74) is 1.45. The lowest BCUT2D eigenvalue weighted by Crippen LogP contribution is -2.39.